The van der Waals surface area contributed by atoms with E-state index < -0.39 is 0 Å². The SMILES string of the molecule is C#Cc1cc(CN(C)C)c(I)c(CN(C)C)c1. The van der Waals surface area contributed by atoms with E-state index in [1.807, 2.05) is 0 Å². The van der Waals surface area contributed by atoms with Crippen LogP contribution in [0.15, 0.2) is 12.1 Å². The first-order valence-electron chi connectivity index (χ1n) is 5.51. The van der Waals surface area contributed by atoms with Crippen molar-refractivity contribution in [1.82, 2.24) is 9.80 Å². The molecular formula is C14H19IN2. The first-order chi connectivity index (χ1) is 7.93. The summed E-state index contributed by atoms with van der Waals surface area (Å²) in [6.07, 6.45) is 5.52. The zero-order valence-electron chi connectivity index (χ0n) is 10.9. The molecule has 0 atom stereocenters. The summed E-state index contributed by atoms with van der Waals surface area (Å²) in [6, 6.07) is 4.22. The molecule has 0 amide bonds. The average Bonchev–Trinajstić information content (AvgIpc) is 2.22. The average molecular weight is 342 g/mol. The van der Waals surface area contributed by atoms with Gasteiger partial charge in [-0.3, -0.25) is 0 Å². The Morgan fingerprint density at radius 1 is 1.06 bits per heavy atom. The summed E-state index contributed by atoms with van der Waals surface area (Å²) in [7, 11) is 8.29. The second kappa shape index (κ2) is 6.39. The fourth-order valence-corrected chi connectivity index (χ4v) is 2.40. The summed E-state index contributed by atoms with van der Waals surface area (Å²) in [5.41, 5.74) is 3.59. The summed E-state index contributed by atoms with van der Waals surface area (Å²) < 4.78 is 1.32. The molecule has 0 radical (unpaired) electrons. The molecule has 2 nitrogen and oxygen atoms in total. The highest BCUT2D eigenvalue weighted by molar-refractivity contribution is 14.1. The molecule has 0 N–H and O–H groups in total. The molecule has 0 heterocycles. The number of nitrogens with zero attached hydrogens (tertiary/aromatic N) is 2. The Hall–Kier alpha value is -0.570. The van der Waals surface area contributed by atoms with Crippen molar-refractivity contribution in [1.29, 1.82) is 0 Å². The molecule has 0 saturated heterocycles. The number of benzene rings is 1. The Kier molecular flexibility index (Phi) is 5.44. The first kappa shape index (κ1) is 14.5. The quantitative estimate of drug-likeness (QED) is 0.613. The molecule has 0 unspecified atom stereocenters. The Balaban J connectivity index is 3.17. The molecule has 92 valence electrons. The van der Waals surface area contributed by atoms with Crippen LogP contribution in [0, 0.1) is 15.9 Å². The molecule has 0 fully saturated rings. The minimum atomic E-state index is 0.925. The molecule has 1 aromatic rings. The van der Waals surface area contributed by atoms with Crippen LogP contribution in [0.1, 0.15) is 16.7 Å². The molecule has 1 rings (SSSR count). The smallest absolute Gasteiger partial charge is 0.0249 e. The van der Waals surface area contributed by atoms with Crippen LogP contribution in [0.3, 0.4) is 0 Å². The van der Waals surface area contributed by atoms with Gasteiger partial charge in [0.15, 0.2) is 0 Å². The Morgan fingerprint density at radius 2 is 1.47 bits per heavy atom. The van der Waals surface area contributed by atoms with Gasteiger partial charge in [0.05, 0.1) is 0 Å². The lowest BCUT2D eigenvalue weighted by atomic mass is 10.1. The van der Waals surface area contributed by atoms with Gasteiger partial charge in [0.1, 0.15) is 0 Å². The van der Waals surface area contributed by atoms with E-state index in [4.69, 9.17) is 6.42 Å². The van der Waals surface area contributed by atoms with Crippen molar-refractivity contribution in [2.24, 2.45) is 0 Å². The molecule has 0 aliphatic heterocycles. The van der Waals surface area contributed by atoms with Gasteiger partial charge in [0.25, 0.3) is 0 Å². The Bertz CT molecular complexity index is 399. The van der Waals surface area contributed by atoms with E-state index in [0.717, 1.165) is 18.7 Å². The van der Waals surface area contributed by atoms with E-state index in [-0.39, 0.29) is 0 Å². The van der Waals surface area contributed by atoms with Crippen molar-refractivity contribution >= 4 is 22.6 Å². The fraction of sp³-hybridized carbons (Fsp3) is 0.429. The van der Waals surface area contributed by atoms with Crippen LogP contribution in [0.2, 0.25) is 0 Å². The molecule has 1 aromatic carbocycles. The molecule has 17 heavy (non-hydrogen) atoms. The van der Waals surface area contributed by atoms with Crippen LogP contribution in [0.4, 0.5) is 0 Å². The van der Waals surface area contributed by atoms with Gasteiger partial charge in [-0.25, -0.2) is 0 Å². The molecule has 0 saturated carbocycles. The minimum Gasteiger partial charge on any atom is -0.305 e. The lowest BCUT2D eigenvalue weighted by Gasteiger charge is -2.17. The standard InChI is InChI=1S/C14H19IN2/c1-6-11-7-12(9-16(2)3)14(15)13(8-11)10-17(4)5/h1,7-8H,9-10H2,2-5H3. The predicted molar refractivity (Wildman–Crippen MR) is 81.9 cm³/mol. The molecule has 0 aliphatic carbocycles. The van der Waals surface area contributed by atoms with Crippen LogP contribution < -0.4 is 0 Å². The lowest BCUT2D eigenvalue weighted by molar-refractivity contribution is 0.393. The van der Waals surface area contributed by atoms with Gasteiger partial charge in [0.2, 0.25) is 0 Å². The van der Waals surface area contributed by atoms with Gasteiger partial charge in [-0.1, -0.05) is 5.92 Å². The molecule has 0 aromatic heterocycles. The molecule has 0 bridgehead atoms. The van der Waals surface area contributed by atoms with Crippen molar-refractivity contribution in [2.45, 2.75) is 13.1 Å². The topological polar surface area (TPSA) is 6.48 Å². The molecule has 0 spiro atoms. The van der Waals surface area contributed by atoms with Crippen LogP contribution >= 0.6 is 22.6 Å². The van der Waals surface area contributed by atoms with Crippen molar-refractivity contribution in [3.05, 3.63) is 32.4 Å². The predicted octanol–water partition coefficient (Wildman–Crippen LogP) is 2.40. The summed E-state index contributed by atoms with van der Waals surface area (Å²) in [5.74, 6) is 2.74. The third kappa shape index (κ3) is 4.30. The summed E-state index contributed by atoms with van der Waals surface area (Å²) in [4.78, 5) is 4.33. The van der Waals surface area contributed by atoms with Crippen molar-refractivity contribution in [3.8, 4) is 12.3 Å². The highest BCUT2D eigenvalue weighted by Crippen LogP contribution is 2.22. The highest BCUT2D eigenvalue weighted by Gasteiger charge is 2.09. The van der Waals surface area contributed by atoms with Gasteiger partial charge >= 0.3 is 0 Å². The number of terminal acetylenes is 1. The van der Waals surface area contributed by atoms with Gasteiger partial charge in [-0.2, -0.15) is 0 Å². The lowest BCUT2D eigenvalue weighted by Crippen LogP contribution is -2.16. The van der Waals surface area contributed by atoms with Gasteiger partial charge in [-0.05, 0) is 74.0 Å². The van der Waals surface area contributed by atoms with E-state index in [9.17, 15) is 0 Å². The summed E-state index contributed by atoms with van der Waals surface area (Å²) in [5, 5.41) is 0. The van der Waals surface area contributed by atoms with E-state index >= 15 is 0 Å². The third-order valence-corrected chi connectivity index (χ3v) is 3.75. The van der Waals surface area contributed by atoms with Crippen molar-refractivity contribution in [3.63, 3.8) is 0 Å². The van der Waals surface area contributed by atoms with Crippen LogP contribution in [0.5, 0.6) is 0 Å². The van der Waals surface area contributed by atoms with E-state index in [1.54, 1.807) is 0 Å². The van der Waals surface area contributed by atoms with Gasteiger partial charge in [0, 0.05) is 22.2 Å². The normalized spacial score (nSPS) is 10.9. The van der Waals surface area contributed by atoms with Gasteiger partial charge in [-0.15, -0.1) is 6.42 Å². The Morgan fingerprint density at radius 3 is 1.76 bits per heavy atom. The monoisotopic (exact) mass is 342 g/mol. The molecule has 3 heteroatoms. The summed E-state index contributed by atoms with van der Waals surface area (Å²) >= 11 is 2.42. The molecule has 0 aliphatic rings. The highest BCUT2D eigenvalue weighted by atomic mass is 127. The number of hydrogen-bond donors (Lipinski definition) is 0. The maximum atomic E-state index is 5.52. The number of halogens is 1. The maximum Gasteiger partial charge on any atom is 0.0249 e. The van der Waals surface area contributed by atoms with E-state index in [1.165, 1.54) is 14.7 Å². The third-order valence-electron chi connectivity index (χ3n) is 2.36. The Labute approximate surface area is 118 Å². The van der Waals surface area contributed by atoms with E-state index in [0.29, 0.717) is 0 Å². The van der Waals surface area contributed by atoms with Crippen molar-refractivity contribution < 1.29 is 0 Å². The van der Waals surface area contributed by atoms with Crippen molar-refractivity contribution in [2.75, 3.05) is 28.2 Å². The minimum absolute atomic E-state index is 0.925. The fourth-order valence-electron chi connectivity index (χ4n) is 1.74. The second-order valence-electron chi connectivity index (χ2n) is 4.73. The first-order valence-corrected chi connectivity index (χ1v) is 6.59. The van der Waals surface area contributed by atoms with Gasteiger partial charge < -0.3 is 9.80 Å². The summed E-state index contributed by atoms with van der Waals surface area (Å²) in [6.45, 7) is 1.85. The second-order valence-corrected chi connectivity index (χ2v) is 5.81. The van der Waals surface area contributed by atoms with Crippen LogP contribution in [-0.4, -0.2) is 38.0 Å². The molecular weight excluding hydrogens is 323 g/mol. The number of rotatable bonds is 4. The number of hydrogen-bond acceptors (Lipinski definition) is 2. The maximum absolute atomic E-state index is 5.52. The van der Waals surface area contributed by atoms with E-state index in [2.05, 4.69) is 78.6 Å². The van der Waals surface area contributed by atoms with Crippen LogP contribution in [-0.2, 0) is 13.1 Å². The zero-order chi connectivity index (χ0) is 13.0. The van der Waals surface area contributed by atoms with Crippen LogP contribution in [0.25, 0.3) is 0 Å². The zero-order valence-corrected chi connectivity index (χ0v) is 13.1. The largest absolute Gasteiger partial charge is 0.305 e.